The number of rotatable bonds is 4. The van der Waals surface area contributed by atoms with E-state index in [1.165, 1.54) is 0 Å². The molecule has 0 spiro atoms. The normalized spacial score (nSPS) is 12.6. The quantitative estimate of drug-likeness (QED) is 0.836. The van der Waals surface area contributed by atoms with Gasteiger partial charge in [-0.1, -0.05) is 0 Å². The maximum atomic E-state index is 13.7. The molecule has 0 fully saturated rings. The molecule has 1 rings (SSSR count). The lowest BCUT2D eigenvalue weighted by atomic mass is 10.0. The number of amides is 1. The van der Waals surface area contributed by atoms with Crippen LogP contribution in [0, 0.1) is 17.5 Å². The molecule has 1 aromatic carbocycles. The fourth-order valence-corrected chi connectivity index (χ4v) is 1.67. The van der Waals surface area contributed by atoms with Crippen LogP contribution in [-0.2, 0) is 9.53 Å². The van der Waals surface area contributed by atoms with Gasteiger partial charge in [-0.2, -0.15) is 0 Å². The monoisotopic (exact) mass is 319 g/mol. The zero-order valence-corrected chi connectivity index (χ0v) is 12.2. The first-order valence-electron chi connectivity index (χ1n) is 6.35. The van der Waals surface area contributed by atoms with E-state index >= 15 is 0 Å². The van der Waals surface area contributed by atoms with Crippen LogP contribution in [0.25, 0.3) is 0 Å². The Morgan fingerprint density at radius 1 is 1.18 bits per heavy atom. The minimum atomic E-state index is -1.41. The summed E-state index contributed by atoms with van der Waals surface area (Å²) < 4.78 is 44.8. The van der Waals surface area contributed by atoms with Crippen molar-refractivity contribution in [1.82, 2.24) is 5.32 Å². The lowest BCUT2D eigenvalue weighted by molar-refractivity contribution is -0.137. The molecule has 1 amide bonds. The van der Waals surface area contributed by atoms with E-state index in [0.717, 1.165) is 0 Å². The van der Waals surface area contributed by atoms with Gasteiger partial charge in [0.15, 0.2) is 11.6 Å². The van der Waals surface area contributed by atoms with Crippen LogP contribution in [0.2, 0.25) is 0 Å². The fraction of sp³-hybridized carbons (Fsp3) is 0.429. The molecule has 1 aromatic rings. The summed E-state index contributed by atoms with van der Waals surface area (Å²) in [4.78, 5) is 22.5. The van der Waals surface area contributed by atoms with Crippen LogP contribution in [0.4, 0.5) is 18.0 Å². The third-order valence-electron chi connectivity index (χ3n) is 2.48. The highest BCUT2D eigenvalue weighted by Crippen LogP contribution is 2.23. The molecule has 2 N–H and O–H groups in total. The van der Waals surface area contributed by atoms with Crippen LogP contribution in [0.15, 0.2) is 12.1 Å². The van der Waals surface area contributed by atoms with Gasteiger partial charge in [0.2, 0.25) is 0 Å². The Morgan fingerprint density at radius 3 is 2.23 bits per heavy atom. The van der Waals surface area contributed by atoms with Gasteiger partial charge in [-0.3, -0.25) is 4.79 Å². The number of carbonyl (C=O) groups is 2. The van der Waals surface area contributed by atoms with Gasteiger partial charge in [0.1, 0.15) is 11.4 Å². The molecule has 0 aliphatic rings. The lowest BCUT2D eigenvalue weighted by Crippen LogP contribution is -2.36. The molecule has 0 radical (unpaired) electrons. The zero-order chi connectivity index (χ0) is 17.1. The minimum Gasteiger partial charge on any atom is -0.481 e. The molecule has 5 nitrogen and oxygen atoms in total. The van der Waals surface area contributed by atoms with E-state index in [0.29, 0.717) is 6.07 Å². The topological polar surface area (TPSA) is 75.6 Å². The Labute approximate surface area is 125 Å². The molecule has 8 heteroatoms. The van der Waals surface area contributed by atoms with E-state index in [1.54, 1.807) is 20.8 Å². The molecule has 0 heterocycles. The van der Waals surface area contributed by atoms with Crippen LogP contribution < -0.4 is 5.32 Å². The second-order valence-electron chi connectivity index (χ2n) is 5.58. The third kappa shape index (κ3) is 5.27. The van der Waals surface area contributed by atoms with Gasteiger partial charge in [0.05, 0.1) is 12.5 Å². The molecule has 1 atom stereocenters. The van der Waals surface area contributed by atoms with Crippen LogP contribution in [-0.4, -0.2) is 22.8 Å². The maximum Gasteiger partial charge on any atom is 0.408 e. The molecule has 122 valence electrons. The van der Waals surface area contributed by atoms with E-state index in [9.17, 15) is 22.8 Å². The number of alkyl carbamates (subject to hydrolysis) is 1. The largest absolute Gasteiger partial charge is 0.481 e. The van der Waals surface area contributed by atoms with Crippen molar-refractivity contribution in [3.05, 3.63) is 35.1 Å². The van der Waals surface area contributed by atoms with Crippen molar-refractivity contribution in [3.63, 3.8) is 0 Å². The van der Waals surface area contributed by atoms with E-state index in [2.05, 4.69) is 5.32 Å². The maximum absolute atomic E-state index is 13.7. The van der Waals surface area contributed by atoms with Crippen molar-refractivity contribution in [2.24, 2.45) is 0 Å². The summed E-state index contributed by atoms with van der Waals surface area (Å²) in [5.74, 6) is -5.28. The summed E-state index contributed by atoms with van der Waals surface area (Å²) in [6.07, 6.45) is -1.72. The molecule has 0 saturated carbocycles. The minimum absolute atomic E-state index is 0.288. The van der Waals surface area contributed by atoms with Crippen LogP contribution in [0.1, 0.15) is 38.8 Å². The first-order chi connectivity index (χ1) is 9.99. The molecule has 0 aromatic heterocycles. The van der Waals surface area contributed by atoms with Gasteiger partial charge in [-0.15, -0.1) is 0 Å². The first-order valence-corrected chi connectivity index (χ1v) is 6.35. The number of carboxylic acid groups (broad SMARTS) is 1. The SMILES string of the molecule is CC(C)(C)OC(=O)NC(CC(=O)O)c1cc(F)c(F)cc1F. The van der Waals surface area contributed by atoms with Gasteiger partial charge < -0.3 is 15.2 Å². The second kappa shape index (κ2) is 6.67. The number of nitrogens with one attached hydrogen (secondary N) is 1. The standard InChI is InChI=1S/C14H16F3NO4/c1-14(2,3)22-13(21)18-11(6-12(19)20)7-4-9(16)10(17)5-8(7)15/h4-5,11H,6H2,1-3H3,(H,18,21)(H,19,20). The molecular formula is C14H16F3NO4. The van der Waals surface area contributed by atoms with Crippen LogP contribution in [0.3, 0.4) is 0 Å². The number of hydrogen-bond acceptors (Lipinski definition) is 3. The average molecular weight is 319 g/mol. The van der Waals surface area contributed by atoms with Crippen molar-refractivity contribution in [2.45, 2.75) is 38.8 Å². The summed E-state index contributed by atoms with van der Waals surface area (Å²) in [6, 6.07) is -0.603. The average Bonchev–Trinajstić information content (AvgIpc) is 2.29. The molecule has 0 saturated heterocycles. The molecule has 0 aliphatic heterocycles. The number of carboxylic acids is 1. The van der Waals surface area contributed by atoms with Crippen molar-refractivity contribution in [1.29, 1.82) is 0 Å². The van der Waals surface area contributed by atoms with Crippen molar-refractivity contribution in [3.8, 4) is 0 Å². The Bertz CT molecular complexity index is 584. The highest BCUT2D eigenvalue weighted by atomic mass is 19.2. The first kappa shape index (κ1) is 17.8. The zero-order valence-electron chi connectivity index (χ0n) is 12.2. The van der Waals surface area contributed by atoms with Gasteiger partial charge in [-0.25, -0.2) is 18.0 Å². The molecular weight excluding hydrogens is 303 g/mol. The van der Waals surface area contributed by atoms with Gasteiger partial charge >= 0.3 is 12.1 Å². The molecule has 1 unspecified atom stereocenters. The number of ether oxygens (including phenoxy) is 1. The number of carbonyl (C=O) groups excluding carboxylic acids is 1. The highest BCUT2D eigenvalue weighted by Gasteiger charge is 2.25. The second-order valence-corrected chi connectivity index (χ2v) is 5.58. The summed E-state index contributed by atoms with van der Waals surface area (Å²) in [6.45, 7) is 4.74. The van der Waals surface area contributed by atoms with Crippen molar-refractivity contribution in [2.75, 3.05) is 0 Å². The van der Waals surface area contributed by atoms with E-state index in [1.807, 2.05) is 0 Å². The Kier molecular flexibility index (Phi) is 5.40. The summed E-state index contributed by atoms with van der Waals surface area (Å²) in [7, 11) is 0. The smallest absolute Gasteiger partial charge is 0.408 e. The van der Waals surface area contributed by atoms with Gasteiger partial charge in [0, 0.05) is 11.6 Å². The lowest BCUT2D eigenvalue weighted by Gasteiger charge is -2.23. The molecule has 22 heavy (non-hydrogen) atoms. The van der Waals surface area contributed by atoms with Gasteiger partial charge in [0.25, 0.3) is 0 Å². The predicted octanol–water partition coefficient (Wildman–Crippen LogP) is 3.14. The number of hydrogen-bond donors (Lipinski definition) is 2. The summed E-state index contributed by atoms with van der Waals surface area (Å²) in [5.41, 5.74) is -1.34. The number of halogens is 3. The highest BCUT2D eigenvalue weighted by molar-refractivity contribution is 5.72. The van der Waals surface area contributed by atoms with E-state index in [4.69, 9.17) is 9.84 Å². The summed E-state index contributed by atoms with van der Waals surface area (Å²) in [5, 5.41) is 11.0. The van der Waals surface area contributed by atoms with Gasteiger partial charge in [-0.05, 0) is 26.8 Å². The fourth-order valence-electron chi connectivity index (χ4n) is 1.67. The molecule has 0 bridgehead atoms. The predicted molar refractivity (Wildman–Crippen MR) is 70.7 cm³/mol. The molecule has 0 aliphatic carbocycles. The van der Waals surface area contributed by atoms with Crippen molar-refractivity contribution < 1.29 is 32.6 Å². The number of aliphatic carboxylic acids is 1. The Morgan fingerprint density at radius 2 is 1.73 bits per heavy atom. The third-order valence-corrected chi connectivity index (χ3v) is 2.48. The Balaban J connectivity index is 3.06. The van der Waals surface area contributed by atoms with Crippen molar-refractivity contribution >= 4 is 12.1 Å². The number of benzene rings is 1. The van der Waals surface area contributed by atoms with Crippen LogP contribution in [0.5, 0.6) is 0 Å². The van der Waals surface area contributed by atoms with Crippen LogP contribution >= 0.6 is 0 Å². The van der Waals surface area contributed by atoms with E-state index in [-0.39, 0.29) is 6.07 Å². The summed E-state index contributed by atoms with van der Waals surface area (Å²) >= 11 is 0. The Hall–Kier alpha value is -2.25. The van der Waals surface area contributed by atoms with E-state index < -0.39 is 53.1 Å².